The number of hydrogen-bond donors (Lipinski definition) is 0. The molecule has 1 aliphatic heterocycles. The van der Waals surface area contributed by atoms with Gasteiger partial charge in [0.15, 0.2) is 5.82 Å². The quantitative estimate of drug-likeness (QED) is 0.563. The normalized spacial score (nSPS) is 19.1. The number of anilines is 1. The number of aryl methyl sites for hydroxylation is 3. The van der Waals surface area contributed by atoms with Crippen LogP contribution in [-0.2, 0) is 0 Å². The highest BCUT2D eigenvalue weighted by Gasteiger charge is 2.28. The summed E-state index contributed by atoms with van der Waals surface area (Å²) in [5, 5.41) is 11.6. The average Bonchev–Trinajstić information content (AvgIpc) is 2.99. The molecule has 0 spiro atoms. The van der Waals surface area contributed by atoms with Gasteiger partial charge < -0.3 is 18.9 Å². The molecule has 0 bridgehead atoms. The predicted octanol–water partition coefficient (Wildman–Crippen LogP) is 5.24. The maximum atomic E-state index is 5.76. The summed E-state index contributed by atoms with van der Waals surface area (Å²) in [5.41, 5.74) is 4.28. The van der Waals surface area contributed by atoms with E-state index in [9.17, 15) is 0 Å². The molecule has 1 fully saturated rings. The molecule has 0 N–H and O–H groups in total. The summed E-state index contributed by atoms with van der Waals surface area (Å²) in [6.07, 6.45) is 1.27. The second kappa shape index (κ2) is 8.40. The Hall–Kier alpha value is -2.76. The summed E-state index contributed by atoms with van der Waals surface area (Å²) >= 11 is 0. The molecule has 2 atom stereocenters. The molecule has 2 unspecified atom stereocenters. The smallest absolute Gasteiger partial charge is 0.161 e. The minimum absolute atomic E-state index is 0.626. The molecule has 6 nitrogen and oxygen atoms in total. The number of rotatable bonds is 5. The van der Waals surface area contributed by atoms with Gasteiger partial charge in [-0.05, 0) is 58.1 Å². The van der Waals surface area contributed by atoms with Gasteiger partial charge in [-0.3, -0.25) is 0 Å². The lowest BCUT2D eigenvalue weighted by atomic mass is 9.91. The second-order valence-electron chi connectivity index (χ2n) is 8.98. The second-order valence-corrected chi connectivity index (χ2v) is 8.98. The third-order valence-electron chi connectivity index (χ3n) is 6.40. The van der Waals surface area contributed by atoms with E-state index in [0.717, 1.165) is 53.2 Å². The summed E-state index contributed by atoms with van der Waals surface area (Å²) in [6.45, 7) is 15.7. The zero-order valence-electron chi connectivity index (χ0n) is 19.8. The van der Waals surface area contributed by atoms with Crippen molar-refractivity contribution in [1.82, 2.24) is 14.8 Å². The Morgan fingerprint density at radius 1 is 1.00 bits per heavy atom. The Morgan fingerprint density at radius 2 is 1.68 bits per heavy atom. The number of ether oxygens (including phenoxy) is 2. The minimum Gasteiger partial charge on any atom is -0.494 e. The molecule has 2 aromatic heterocycles. The van der Waals surface area contributed by atoms with E-state index in [1.807, 2.05) is 26.0 Å². The summed E-state index contributed by atoms with van der Waals surface area (Å²) in [6, 6.07) is 6.04. The highest BCUT2D eigenvalue weighted by Crippen LogP contribution is 2.39. The highest BCUT2D eigenvalue weighted by molar-refractivity contribution is 5.99. The molecule has 0 amide bonds. The molecule has 1 aliphatic rings. The standard InChI is InChI=1S/C25H34N4O2/c1-8-31-20-9-10-21(22(12-20)30-7)29-18(5)23-17(4)26-27-25(24(23)19(29)6)28-13-15(2)11-16(3)14-28/h9-10,12,15-16H,8,11,13-14H2,1-7H3. The molecule has 6 heteroatoms. The van der Waals surface area contributed by atoms with E-state index in [1.54, 1.807) is 7.11 Å². The van der Waals surface area contributed by atoms with Gasteiger partial charge in [-0.25, -0.2) is 0 Å². The van der Waals surface area contributed by atoms with Gasteiger partial charge in [0.05, 0.1) is 25.1 Å². The van der Waals surface area contributed by atoms with Gasteiger partial charge in [-0.1, -0.05) is 13.8 Å². The average molecular weight is 423 g/mol. The number of benzene rings is 1. The van der Waals surface area contributed by atoms with E-state index in [-0.39, 0.29) is 0 Å². The van der Waals surface area contributed by atoms with Gasteiger partial charge in [0.25, 0.3) is 0 Å². The van der Waals surface area contributed by atoms with Crippen molar-refractivity contribution in [3.8, 4) is 17.2 Å². The van der Waals surface area contributed by atoms with Crippen LogP contribution in [0.1, 0.15) is 44.3 Å². The lowest BCUT2D eigenvalue weighted by molar-refractivity contribution is 0.336. The molecule has 3 heterocycles. The Morgan fingerprint density at radius 3 is 2.32 bits per heavy atom. The lowest BCUT2D eigenvalue weighted by Crippen LogP contribution is -2.39. The van der Waals surface area contributed by atoms with Crippen molar-refractivity contribution in [2.24, 2.45) is 11.8 Å². The van der Waals surface area contributed by atoms with Crippen LogP contribution in [0, 0.1) is 32.6 Å². The predicted molar refractivity (Wildman–Crippen MR) is 126 cm³/mol. The van der Waals surface area contributed by atoms with Gasteiger partial charge >= 0.3 is 0 Å². The Bertz CT molecular complexity index is 1090. The summed E-state index contributed by atoms with van der Waals surface area (Å²) in [5.74, 6) is 3.90. The fourth-order valence-corrected chi connectivity index (χ4v) is 5.29. The van der Waals surface area contributed by atoms with Crippen molar-refractivity contribution < 1.29 is 9.47 Å². The number of fused-ring (bicyclic) bond motifs is 1. The summed E-state index contributed by atoms with van der Waals surface area (Å²) in [7, 11) is 1.71. The van der Waals surface area contributed by atoms with Crippen molar-refractivity contribution in [3.05, 3.63) is 35.3 Å². The van der Waals surface area contributed by atoms with E-state index in [0.29, 0.717) is 18.4 Å². The van der Waals surface area contributed by atoms with Crippen LogP contribution in [0.2, 0.25) is 0 Å². The molecule has 166 valence electrons. The van der Waals surface area contributed by atoms with Crippen LogP contribution in [0.4, 0.5) is 5.82 Å². The van der Waals surface area contributed by atoms with Gasteiger partial charge in [0.1, 0.15) is 11.5 Å². The molecule has 0 radical (unpaired) electrons. The van der Waals surface area contributed by atoms with Crippen molar-refractivity contribution in [1.29, 1.82) is 0 Å². The third kappa shape index (κ3) is 3.73. The lowest BCUT2D eigenvalue weighted by Gasteiger charge is -2.36. The van der Waals surface area contributed by atoms with Crippen LogP contribution in [0.3, 0.4) is 0 Å². The number of aromatic nitrogens is 3. The van der Waals surface area contributed by atoms with Crippen molar-refractivity contribution in [2.75, 3.05) is 31.7 Å². The number of hydrogen-bond acceptors (Lipinski definition) is 5. The van der Waals surface area contributed by atoms with Gasteiger partial charge in [0, 0.05) is 41.3 Å². The zero-order valence-corrected chi connectivity index (χ0v) is 19.8. The van der Waals surface area contributed by atoms with Crippen molar-refractivity contribution in [2.45, 2.75) is 48.0 Å². The van der Waals surface area contributed by atoms with E-state index >= 15 is 0 Å². The number of methoxy groups -OCH3 is 1. The third-order valence-corrected chi connectivity index (χ3v) is 6.40. The number of nitrogens with zero attached hydrogens (tertiary/aromatic N) is 4. The van der Waals surface area contributed by atoms with E-state index in [4.69, 9.17) is 14.6 Å². The molecule has 0 aliphatic carbocycles. The first-order chi connectivity index (χ1) is 14.8. The maximum Gasteiger partial charge on any atom is 0.161 e. The van der Waals surface area contributed by atoms with Crippen LogP contribution >= 0.6 is 0 Å². The van der Waals surface area contributed by atoms with E-state index in [2.05, 4.69) is 48.3 Å². The molecular weight excluding hydrogens is 388 g/mol. The first-order valence-electron chi connectivity index (χ1n) is 11.3. The SMILES string of the molecule is CCOc1ccc(-n2c(C)c3c(C)nnc(N4CC(C)CC(C)C4)c3c2C)c(OC)c1. The summed E-state index contributed by atoms with van der Waals surface area (Å²) in [4.78, 5) is 2.43. The zero-order chi connectivity index (χ0) is 22.3. The first-order valence-corrected chi connectivity index (χ1v) is 11.3. The molecule has 0 saturated carbocycles. The maximum absolute atomic E-state index is 5.76. The van der Waals surface area contributed by atoms with E-state index in [1.165, 1.54) is 17.2 Å². The summed E-state index contributed by atoms with van der Waals surface area (Å²) < 4.78 is 13.7. The molecule has 1 aromatic carbocycles. The van der Waals surface area contributed by atoms with E-state index < -0.39 is 0 Å². The molecular formula is C25H34N4O2. The molecule has 4 rings (SSSR count). The van der Waals surface area contributed by atoms with Crippen molar-refractivity contribution >= 4 is 16.6 Å². The largest absolute Gasteiger partial charge is 0.494 e. The molecule has 3 aromatic rings. The van der Waals surface area contributed by atoms with Crippen LogP contribution in [0.5, 0.6) is 11.5 Å². The highest BCUT2D eigenvalue weighted by atomic mass is 16.5. The topological polar surface area (TPSA) is 52.4 Å². The van der Waals surface area contributed by atoms with Gasteiger partial charge in [-0.2, -0.15) is 5.10 Å². The Labute approximate surface area is 185 Å². The van der Waals surface area contributed by atoms with Gasteiger partial charge in [0.2, 0.25) is 0 Å². The minimum atomic E-state index is 0.626. The first kappa shape index (κ1) is 21.5. The van der Waals surface area contributed by atoms with Gasteiger partial charge in [-0.15, -0.1) is 5.10 Å². The van der Waals surface area contributed by atoms with Crippen LogP contribution in [0.15, 0.2) is 18.2 Å². The Kier molecular flexibility index (Phi) is 5.82. The van der Waals surface area contributed by atoms with Crippen molar-refractivity contribution in [3.63, 3.8) is 0 Å². The molecule has 31 heavy (non-hydrogen) atoms. The van der Waals surface area contributed by atoms with Crippen LogP contribution in [0.25, 0.3) is 16.5 Å². The fraction of sp³-hybridized carbons (Fsp3) is 0.520. The molecule has 1 saturated heterocycles. The monoisotopic (exact) mass is 422 g/mol. The van der Waals surface area contributed by atoms with Crippen LogP contribution in [-0.4, -0.2) is 41.6 Å². The number of piperidine rings is 1. The fourth-order valence-electron chi connectivity index (χ4n) is 5.29. The Balaban J connectivity index is 1.92. The van der Waals surface area contributed by atoms with Crippen LogP contribution < -0.4 is 14.4 Å².